The molecule has 4 heteroatoms. The maximum absolute atomic E-state index is 9.61. The summed E-state index contributed by atoms with van der Waals surface area (Å²) in [6.45, 7) is 4.09. The van der Waals surface area contributed by atoms with Crippen LogP contribution in [0.5, 0.6) is 17.2 Å². The molecule has 0 aliphatic carbocycles. The molecule has 3 N–H and O–H groups in total. The minimum atomic E-state index is -0.446. The van der Waals surface area contributed by atoms with E-state index in [1.807, 2.05) is 13.8 Å². The van der Waals surface area contributed by atoms with Crippen molar-refractivity contribution in [1.29, 1.82) is 0 Å². The van der Waals surface area contributed by atoms with Gasteiger partial charge in [0.25, 0.3) is 0 Å². The number of aromatic hydroxyl groups is 3. The predicted molar refractivity (Wildman–Crippen MR) is 62.7 cm³/mol. The van der Waals surface area contributed by atoms with Gasteiger partial charge in [0.05, 0.1) is 0 Å². The number of halogens is 1. The number of rotatable bonds is 3. The molecule has 0 unspecified atom stereocenters. The summed E-state index contributed by atoms with van der Waals surface area (Å²) >= 11 is 3.39. The first-order valence-electron chi connectivity index (χ1n) is 4.66. The van der Waals surface area contributed by atoms with Gasteiger partial charge in [-0.2, -0.15) is 0 Å². The highest BCUT2D eigenvalue weighted by atomic mass is 79.9. The quantitative estimate of drug-likeness (QED) is 0.587. The van der Waals surface area contributed by atoms with E-state index in [-0.39, 0.29) is 16.9 Å². The number of hydrogen-bond donors (Lipinski definition) is 3. The van der Waals surface area contributed by atoms with Crippen LogP contribution in [-0.2, 0) is 6.42 Å². The Morgan fingerprint density at radius 2 is 1.73 bits per heavy atom. The summed E-state index contributed by atoms with van der Waals surface area (Å²) in [6, 6.07) is 3.00. The monoisotopic (exact) mass is 274 g/mol. The number of phenolic OH excluding ortho intramolecular Hbond substituents is 3. The third kappa shape index (κ3) is 2.78. The lowest BCUT2D eigenvalue weighted by Gasteiger charge is -2.22. The summed E-state index contributed by atoms with van der Waals surface area (Å²) < 4.78 is 0. The molecule has 1 aromatic rings. The van der Waals surface area contributed by atoms with Crippen LogP contribution in [0.3, 0.4) is 0 Å². The van der Waals surface area contributed by atoms with Crippen LogP contribution < -0.4 is 0 Å². The van der Waals surface area contributed by atoms with Gasteiger partial charge in [0.15, 0.2) is 11.5 Å². The Balaban J connectivity index is 3.02. The lowest BCUT2D eigenvalue weighted by Crippen LogP contribution is -2.16. The van der Waals surface area contributed by atoms with E-state index < -0.39 is 5.75 Å². The summed E-state index contributed by atoms with van der Waals surface area (Å²) in [5.74, 6) is -0.977. The summed E-state index contributed by atoms with van der Waals surface area (Å²) in [4.78, 5) is 0. The van der Waals surface area contributed by atoms with Crippen molar-refractivity contribution in [2.75, 3.05) is 5.33 Å². The maximum atomic E-state index is 9.61. The highest BCUT2D eigenvalue weighted by Crippen LogP contribution is 2.39. The molecule has 0 saturated heterocycles. The van der Waals surface area contributed by atoms with Crippen molar-refractivity contribution in [3.63, 3.8) is 0 Å². The first-order chi connectivity index (χ1) is 6.87. The predicted octanol–water partition coefficient (Wildman–Crippen LogP) is 2.77. The Hall–Kier alpha value is -0.900. The van der Waals surface area contributed by atoms with Crippen LogP contribution in [0, 0.1) is 5.41 Å². The van der Waals surface area contributed by atoms with Crippen LogP contribution in [-0.4, -0.2) is 20.6 Å². The lowest BCUT2D eigenvalue weighted by atomic mass is 9.87. The molecule has 0 amide bonds. The average molecular weight is 275 g/mol. The molecule has 0 aromatic heterocycles. The number of phenols is 3. The number of benzene rings is 1. The highest BCUT2D eigenvalue weighted by molar-refractivity contribution is 9.09. The molecule has 0 spiro atoms. The van der Waals surface area contributed by atoms with E-state index in [2.05, 4.69) is 15.9 Å². The second-order valence-corrected chi connectivity index (χ2v) is 4.98. The molecular formula is C11H15BrO3. The Labute approximate surface area is 97.5 Å². The topological polar surface area (TPSA) is 60.7 Å². The molecule has 0 aliphatic heterocycles. The third-order valence-electron chi connectivity index (χ3n) is 2.24. The van der Waals surface area contributed by atoms with Crippen LogP contribution in [0.4, 0.5) is 0 Å². The Morgan fingerprint density at radius 3 is 2.27 bits per heavy atom. The van der Waals surface area contributed by atoms with E-state index in [1.165, 1.54) is 6.07 Å². The molecule has 0 radical (unpaired) electrons. The number of alkyl halides is 1. The summed E-state index contributed by atoms with van der Waals surface area (Å²) in [5.41, 5.74) is 0.621. The van der Waals surface area contributed by atoms with Gasteiger partial charge < -0.3 is 15.3 Å². The van der Waals surface area contributed by atoms with Gasteiger partial charge in [-0.05, 0) is 23.5 Å². The van der Waals surface area contributed by atoms with Gasteiger partial charge in [-0.3, -0.25) is 0 Å². The Kier molecular flexibility index (Phi) is 3.50. The standard InChI is InChI=1S/C11H15BrO3/c1-11(2,6-12)5-7-3-4-8(13)10(15)9(7)14/h3-4,13-15H,5-6H2,1-2H3. The van der Waals surface area contributed by atoms with E-state index >= 15 is 0 Å². The fourth-order valence-electron chi connectivity index (χ4n) is 1.32. The zero-order valence-electron chi connectivity index (χ0n) is 8.79. The molecule has 0 bridgehead atoms. The zero-order chi connectivity index (χ0) is 11.6. The largest absolute Gasteiger partial charge is 0.504 e. The molecule has 0 fully saturated rings. The van der Waals surface area contributed by atoms with Gasteiger partial charge in [-0.1, -0.05) is 35.8 Å². The van der Waals surface area contributed by atoms with Crippen molar-refractivity contribution in [3.8, 4) is 17.2 Å². The molecule has 0 saturated carbocycles. The van der Waals surface area contributed by atoms with E-state index in [1.54, 1.807) is 6.07 Å². The van der Waals surface area contributed by atoms with Gasteiger partial charge in [0, 0.05) is 5.33 Å². The first kappa shape index (κ1) is 12.2. The van der Waals surface area contributed by atoms with E-state index in [4.69, 9.17) is 5.11 Å². The van der Waals surface area contributed by atoms with Crippen molar-refractivity contribution in [2.45, 2.75) is 20.3 Å². The van der Waals surface area contributed by atoms with Crippen LogP contribution >= 0.6 is 15.9 Å². The normalized spacial score (nSPS) is 11.7. The van der Waals surface area contributed by atoms with Crippen LogP contribution in [0.25, 0.3) is 0 Å². The van der Waals surface area contributed by atoms with Gasteiger partial charge in [-0.25, -0.2) is 0 Å². The van der Waals surface area contributed by atoms with Gasteiger partial charge in [0.1, 0.15) is 0 Å². The van der Waals surface area contributed by atoms with Gasteiger partial charge in [-0.15, -0.1) is 0 Å². The second kappa shape index (κ2) is 4.31. The molecule has 84 valence electrons. The summed E-state index contributed by atoms with van der Waals surface area (Å²) in [5, 5.41) is 28.9. The first-order valence-corrected chi connectivity index (χ1v) is 5.78. The maximum Gasteiger partial charge on any atom is 0.200 e. The van der Waals surface area contributed by atoms with Crippen LogP contribution in [0.1, 0.15) is 19.4 Å². The van der Waals surface area contributed by atoms with Gasteiger partial charge >= 0.3 is 0 Å². The minimum Gasteiger partial charge on any atom is -0.504 e. The van der Waals surface area contributed by atoms with Crippen molar-refractivity contribution >= 4 is 15.9 Å². The zero-order valence-corrected chi connectivity index (χ0v) is 10.4. The summed E-state index contributed by atoms with van der Waals surface area (Å²) in [6.07, 6.45) is 0.623. The van der Waals surface area contributed by atoms with Crippen LogP contribution in [0.15, 0.2) is 12.1 Å². The SMILES string of the molecule is CC(C)(CBr)Cc1ccc(O)c(O)c1O. The Bertz CT molecular complexity index is 361. The fourth-order valence-corrected chi connectivity index (χ4v) is 1.51. The van der Waals surface area contributed by atoms with Crippen LogP contribution in [0.2, 0.25) is 0 Å². The molecule has 0 heterocycles. The molecular weight excluding hydrogens is 260 g/mol. The smallest absolute Gasteiger partial charge is 0.200 e. The molecule has 1 aromatic carbocycles. The number of hydrogen-bond acceptors (Lipinski definition) is 3. The van der Waals surface area contributed by atoms with E-state index in [0.717, 1.165) is 5.33 Å². The second-order valence-electron chi connectivity index (χ2n) is 4.42. The Morgan fingerprint density at radius 1 is 1.13 bits per heavy atom. The fraction of sp³-hybridized carbons (Fsp3) is 0.455. The average Bonchev–Trinajstić information content (AvgIpc) is 2.19. The molecule has 15 heavy (non-hydrogen) atoms. The van der Waals surface area contributed by atoms with Crippen molar-refractivity contribution in [2.24, 2.45) is 5.41 Å². The minimum absolute atomic E-state index is 0.0130. The van der Waals surface area contributed by atoms with Gasteiger partial charge in [0.2, 0.25) is 5.75 Å². The lowest BCUT2D eigenvalue weighted by molar-refractivity contribution is 0.356. The summed E-state index contributed by atoms with van der Waals surface area (Å²) in [7, 11) is 0. The van der Waals surface area contributed by atoms with E-state index in [0.29, 0.717) is 12.0 Å². The molecule has 3 nitrogen and oxygen atoms in total. The highest BCUT2D eigenvalue weighted by Gasteiger charge is 2.20. The van der Waals surface area contributed by atoms with Crippen molar-refractivity contribution in [1.82, 2.24) is 0 Å². The molecule has 0 atom stereocenters. The molecule has 1 rings (SSSR count). The van der Waals surface area contributed by atoms with E-state index in [9.17, 15) is 10.2 Å². The van der Waals surface area contributed by atoms with Crippen molar-refractivity contribution in [3.05, 3.63) is 17.7 Å². The third-order valence-corrected chi connectivity index (χ3v) is 3.76. The van der Waals surface area contributed by atoms with Crippen molar-refractivity contribution < 1.29 is 15.3 Å². The molecule has 0 aliphatic rings.